The lowest BCUT2D eigenvalue weighted by atomic mass is 10.1. The SMILES string of the molecule is Cc1ccc(C(=O)N[C@H](CCCC(=O)O)C(=O)O)c(C)n1. The number of rotatable bonds is 7. The van der Waals surface area contributed by atoms with Crippen molar-refractivity contribution >= 4 is 17.8 Å². The molecule has 1 aromatic heterocycles. The molecule has 0 aliphatic heterocycles. The molecule has 0 radical (unpaired) electrons. The highest BCUT2D eigenvalue weighted by atomic mass is 16.4. The first-order chi connectivity index (χ1) is 9.81. The van der Waals surface area contributed by atoms with Crippen molar-refractivity contribution < 1.29 is 24.6 Å². The van der Waals surface area contributed by atoms with E-state index in [4.69, 9.17) is 10.2 Å². The Kier molecular flexibility index (Phi) is 5.83. The van der Waals surface area contributed by atoms with Gasteiger partial charge in [-0.05, 0) is 38.8 Å². The number of carbonyl (C=O) groups is 3. The number of aliphatic carboxylic acids is 2. The first-order valence-corrected chi connectivity index (χ1v) is 6.51. The zero-order valence-corrected chi connectivity index (χ0v) is 11.9. The maximum absolute atomic E-state index is 12.1. The van der Waals surface area contributed by atoms with Crippen molar-refractivity contribution in [1.82, 2.24) is 10.3 Å². The maximum atomic E-state index is 12.1. The van der Waals surface area contributed by atoms with E-state index < -0.39 is 23.9 Å². The fourth-order valence-electron chi connectivity index (χ4n) is 1.88. The van der Waals surface area contributed by atoms with Gasteiger partial charge >= 0.3 is 11.9 Å². The molecule has 1 aromatic rings. The smallest absolute Gasteiger partial charge is 0.326 e. The van der Waals surface area contributed by atoms with Crippen LogP contribution >= 0.6 is 0 Å². The van der Waals surface area contributed by atoms with E-state index in [1.807, 2.05) is 0 Å². The molecule has 0 fully saturated rings. The predicted molar refractivity (Wildman–Crippen MR) is 74.1 cm³/mol. The molecule has 114 valence electrons. The van der Waals surface area contributed by atoms with Gasteiger partial charge in [0.1, 0.15) is 6.04 Å². The van der Waals surface area contributed by atoms with Gasteiger partial charge in [0, 0.05) is 12.1 Å². The minimum Gasteiger partial charge on any atom is -0.481 e. The Hall–Kier alpha value is -2.44. The van der Waals surface area contributed by atoms with Crippen molar-refractivity contribution in [2.24, 2.45) is 0 Å². The summed E-state index contributed by atoms with van der Waals surface area (Å²) in [6.07, 6.45) is 0.105. The quantitative estimate of drug-likeness (QED) is 0.694. The van der Waals surface area contributed by atoms with E-state index in [0.717, 1.165) is 5.69 Å². The fourth-order valence-corrected chi connectivity index (χ4v) is 1.88. The van der Waals surface area contributed by atoms with Gasteiger partial charge in [-0.2, -0.15) is 0 Å². The second-order valence-corrected chi connectivity index (χ2v) is 4.74. The topological polar surface area (TPSA) is 117 Å². The number of pyridine rings is 1. The summed E-state index contributed by atoms with van der Waals surface area (Å²) < 4.78 is 0. The number of carbonyl (C=O) groups excluding carboxylic acids is 1. The van der Waals surface area contributed by atoms with Gasteiger partial charge in [-0.15, -0.1) is 0 Å². The third-order valence-electron chi connectivity index (χ3n) is 2.96. The van der Waals surface area contributed by atoms with Crippen LogP contribution in [0, 0.1) is 13.8 Å². The molecule has 1 amide bonds. The molecule has 21 heavy (non-hydrogen) atoms. The van der Waals surface area contributed by atoms with Crippen LogP contribution < -0.4 is 5.32 Å². The van der Waals surface area contributed by atoms with E-state index in [2.05, 4.69) is 10.3 Å². The average Bonchev–Trinajstić information content (AvgIpc) is 2.36. The van der Waals surface area contributed by atoms with Crippen LogP contribution in [0.2, 0.25) is 0 Å². The van der Waals surface area contributed by atoms with Gasteiger partial charge in [-0.3, -0.25) is 14.6 Å². The molecule has 1 atom stereocenters. The fraction of sp³-hybridized carbons (Fsp3) is 0.429. The number of hydrogen-bond donors (Lipinski definition) is 3. The normalized spacial score (nSPS) is 11.7. The Morgan fingerprint density at radius 1 is 1.24 bits per heavy atom. The number of hydrogen-bond acceptors (Lipinski definition) is 4. The van der Waals surface area contributed by atoms with Crippen molar-refractivity contribution in [3.63, 3.8) is 0 Å². The summed E-state index contributed by atoms with van der Waals surface area (Å²) in [4.78, 5) is 37.7. The molecular weight excluding hydrogens is 276 g/mol. The van der Waals surface area contributed by atoms with E-state index in [0.29, 0.717) is 11.3 Å². The van der Waals surface area contributed by atoms with E-state index in [1.165, 1.54) is 0 Å². The molecule has 0 bridgehead atoms. The Bertz CT molecular complexity index is 556. The average molecular weight is 294 g/mol. The first-order valence-electron chi connectivity index (χ1n) is 6.51. The lowest BCUT2D eigenvalue weighted by Crippen LogP contribution is -2.41. The second-order valence-electron chi connectivity index (χ2n) is 4.74. The summed E-state index contributed by atoms with van der Waals surface area (Å²) in [5.41, 5.74) is 1.59. The number of nitrogens with zero attached hydrogens (tertiary/aromatic N) is 1. The zero-order chi connectivity index (χ0) is 16.0. The van der Waals surface area contributed by atoms with E-state index in [9.17, 15) is 14.4 Å². The molecule has 0 saturated carbocycles. The first kappa shape index (κ1) is 16.6. The zero-order valence-electron chi connectivity index (χ0n) is 11.9. The van der Waals surface area contributed by atoms with Crippen molar-refractivity contribution in [1.29, 1.82) is 0 Å². The van der Waals surface area contributed by atoms with E-state index >= 15 is 0 Å². The van der Waals surface area contributed by atoms with Crippen molar-refractivity contribution in [2.45, 2.75) is 39.2 Å². The Morgan fingerprint density at radius 3 is 2.43 bits per heavy atom. The van der Waals surface area contributed by atoms with Crippen molar-refractivity contribution in [3.8, 4) is 0 Å². The van der Waals surface area contributed by atoms with Crippen LogP contribution in [0.3, 0.4) is 0 Å². The molecule has 1 rings (SSSR count). The molecule has 0 aliphatic rings. The monoisotopic (exact) mass is 294 g/mol. The maximum Gasteiger partial charge on any atom is 0.326 e. The Morgan fingerprint density at radius 2 is 1.90 bits per heavy atom. The highest BCUT2D eigenvalue weighted by molar-refractivity contribution is 5.97. The van der Waals surface area contributed by atoms with Gasteiger partial charge in [0.05, 0.1) is 11.3 Å². The molecule has 0 saturated heterocycles. The van der Waals surface area contributed by atoms with Crippen LogP contribution in [0.15, 0.2) is 12.1 Å². The number of carboxylic acids is 2. The third-order valence-corrected chi connectivity index (χ3v) is 2.96. The van der Waals surface area contributed by atoms with Crippen LogP contribution in [0.25, 0.3) is 0 Å². The largest absolute Gasteiger partial charge is 0.481 e. The molecule has 0 aliphatic carbocycles. The number of aryl methyl sites for hydroxylation is 2. The Balaban J connectivity index is 2.72. The highest BCUT2D eigenvalue weighted by Crippen LogP contribution is 2.08. The molecular formula is C14H18N2O5. The number of amides is 1. The van der Waals surface area contributed by atoms with Crippen molar-refractivity contribution in [2.75, 3.05) is 0 Å². The van der Waals surface area contributed by atoms with Crippen LogP contribution in [0.1, 0.15) is 41.0 Å². The second kappa shape index (κ2) is 7.37. The van der Waals surface area contributed by atoms with E-state index in [1.54, 1.807) is 26.0 Å². The summed E-state index contributed by atoms with van der Waals surface area (Å²) >= 11 is 0. The van der Waals surface area contributed by atoms with E-state index in [-0.39, 0.29) is 19.3 Å². The number of nitrogens with one attached hydrogen (secondary N) is 1. The van der Waals surface area contributed by atoms with Crippen LogP contribution in [-0.4, -0.2) is 39.1 Å². The standard InChI is InChI=1S/C14H18N2O5/c1-8-6-7-10(9(2)15-8)13(19)16-11(14(20)21)4-3-5-12(17)18/h6-7,11H,3-5H2,1-2H3,(H,16,19)(H,17,18)(H,20,21)/t11-/m1/s1. The molecule has 0 spiro atoms. The molecule has 1 heterocycles. The van der Waals surface area contributed by atoms with Gasteiger partial charge in [0.15, 0.2) is 0 Å². The lowest BCUT2D eigenvalue weighted by Gasteiger charge is -2.15. The minimum atomic E-state index is -1.19. The van der Waals surface area contributed by atoms with Crippen LogP contribution in [0.5, 0.6) is 0 Å². The summed E-state index contributed by atoms with van der Waals surface area (Å²) in [5.74, 6) is -2.71. The molecule has 3 N–H and O–H groups in total. The number of aromatic nitrogens is 1. The molecule has 0 aromatic carbocycles. The summed E-state index contributed by atoms with van der Waals surface area (Å²) in [6.45, 7) is 3.46. The van der Waals surface area contributed by atoms with Crippen molar-refractivity contribution in [3.05, 3.63) is 29.1 Å². The summed E-state index contributed by atoms with van der Waals surface area (Å²) in [6, 6.07) is 2.14. The van der Waals surface area contributed by atoms with Gasteiger partial charge in [0.2, 0.25) is 0 Å². The van der Waals surface area contributed by atoms with Crippen LogP contribution in [0.4, 0.5) is 0 Å². The van der Waals surface area contributed by atoms with Gasteiger partial charge < -0.3 is 15.5 Å². The predicted octanol–water partition coefficient (Wildman–Crippen LogP) is 1.14. The summed E-state index contributed by atoms with van der Waals surface area (Å²) in [5, 5.41) is 20.0. The Labute approximate surface area is 122 Å². The minimum absolute atomic E-state index is 0.0612. The third kappa shape index (κ3) is 5.21. The number of carboxylic acid groups (broad SMARTS) is 2. The van der Waals surface area contributed by atoms with Crippen LogP contribution in [-0.2, 0) is 9.59 Å². The molecule has 7 heteroatoms. The summed E-state index contributed by atoms with van der Waals surface area (Å²) in [7, 11) is 0. The molecule has 7 nitrogen and oxygen atoms in total. The van der Waals surface area contributed by atoms with Gasteiger partial charge in [-0.1, -0.05) is 0 Å². The highest BCUT2D eigenvalue weighted by Gasteiger charge is 2.21. The van der Waals surface area contributed by atoms with Gasteiger partial charge in [-0.25, -0.2) is 4.79 Å². The van der Waals surface area contributed by atoms with Gasteiger partial charge in [0.25, 0.3) is 5.91 Å². The molecule has 0 unspecified atom stereocenters. The lowest BCUT2D eigenvalue weighted by molar-refractivity contribution is -0.140.